The Balaban J connectivity index is 2.05. The highest BCUT2D eigenvalue weighted by Gasteiger charge is 2.08. The van der Waals surface area contributed by atoms with E-state index in [9.17, 15) is 4.39 Å². The minimum Gasteiger partial charge on any atom is -0.455 e. The normalized spacial score (nSPS) is 10.7. The molecular weight excluding hydrogens is 277 g/mol. The molecule has 0 saturated carbocycles. The maximum Gasteiger partial charge on any atom is 0.153 e. The third-order valence-corrected chi connectivity index (χ3v) is 3.27. The number of alkyl halides is 1. The highest BCUT2D eigenvalue weighted by molar-refractivity contribution is 6.17. The number of fused-ring (bicyclic) bond motifs is 1. The summed E-state index contributed by atoms with van der Waals surface area (Å²) in [5.41, 5.74) is 1.37. The molecule has 0 fully saturated rings. The minimum absolute atomic E-state index is 0.186. The average Bonchev–Trinajstić information content (AvgIpc) is 2.49. The number of para-hydroxylation sites is 1. The smallest absolute Gasteiger partial charge is 0.153 e. The second-order valence-electron chi connectivity index (χ2n) is 4.32. The van der Waals surface area contributed by atoms with Crippen molar-refractivity contribution < 1.29 is 9.13 Å². The highest BCUT2D eigenvalue weighted by Crippen LogP contribution is 2.31. The molecule has 2 aromatic carbocycles. The van der Waals surface area contributed by atoms with Crippen molar-refractivity contribution in [1.82, 2.24) is 4.98 Å². The van der Waals surface area contributed by atoms with Gasteiger partial charge in [0.15, 0.2) is 5.75 Å². The van der Waals surface area contributed by atoms with Crippen LogP contribution in [0.2, 0.25) is 0 Å². The summed E-state index contributed by atoms with van der Waals surface area (Å²) in [7, 11) is 0. The van der Waals surface area contributed by atoms with Gasteiger partial charge < -0.3 is 4.74 Å². The molecule has 4 heteroatoms. The summed E-state index contributed by atoms with van der Waals surface area (Å²) in [5, 5.41) is 0.986. The zero-order valence-corrected chi connectivity index (χ0v) is 11.3. The van der Waals surface area contributed by atoms with Gasteiger partial charge in [-0.25, -0.2) is 4.39 Å². The number of hydrogen-bond donors (Lipinski definition) is 0. The molecule has 1 heterocycles. The molecule has 100 valence electrons. The Morgan fingerprint density at radius 2 is 1.90 bits per heavy atom. The van der Waals surface area contributed by atoms with Crippen LogP contribution in [-0.2, 0) is 5.88 Å². The Kier molecular flexibility index (Phi) is 3.52. The molecule has 3 aromatic rings. The van der Waals surface area contributed by atoms with Crippen LogP contribution in [-0.4, -0.2) is 4.98 Å². The van der Waals surface area contributed by atoms with Crippen molar-refractivity contribution in [2.75, 3.05) is 0 Å². The van der Waals surface area contributed by atoms with E-state index in [2.05, 4.69) is 4.98 Å². The molecule has 0 radical (unpaired) electrons. The standard InChI is InChI=1S/C16H11ClFNO/c17-10-12-9-13(18)6-7-14(12)20-15-5-1-3-11-4-2-8-19-16(11)15/h1-9H,10H2. The molecule has 20 heavy (non-hydrogen) atoms. The van der Waals surface area contributed by atoms with Gasteiger partial charge in [0.05, 0.1) is 5.88 Å². The lowest BCUT2D eigenvalue weighted by Gasteiger charge is -2.11. The topological polar surface area (TPSA) is 22.1 Å². The van der Waals surface area contributed by atoms with Gasteiger partial charge in [-0.3, -0.25) is 4.98 Å². The van der Waals surface area contributed by atoms with Gasteiger partial charge in [0.1, 0.15) is 17.1 Å². The first-order chi connectivity index (χ1) is 9.78. The Morgan fingerprint density at radius 3 is 2.75 bits per heavy atom. The van der Waals surface area contributed by atoms with Crippen LogP contribution in [0.3, 0.4) is 0 Å². The SMILES string of the molecule is Fc1ccc(Oc2cccc3cccnc23)c(CCl)c1. The number of rotatable bonds is 3. The van der Waals surface area contributed by atoms with Crippen molar-refractivity contribution in [1.29, 1.82) is 0 Å². The second-order valence-corrected chi connectivity index (χ2v) is 4.59. The first-order valence-corrected chi connectivity index (χ1v) is 6.67. The van der Waals surface area contributed by atoms with Crippen molar-refractivity contribution in [2.24, 2.45) is 0 Å². The van der Waals surface area contributed by atoms with E-state index in [1.807, 2.05) is 30.3 Å². The maximum absolute atomic E-state index is 13.2. The van der Waals surface area contributed by atoms with Crippen LogP contribution in [0.1, 0.15) is 5.56 Å². The molecule has 0 spiro atoms. The number of ether oxygens (including phenoxy) is 1. The van der Waals surface area contributed by atoms with E-state index in [1.165, 1.54) is 12.1 Å². The van der Waals surface area contributed by atoms with Crippen LogP contribution in [0.15, 0.2) is 54.7 Å². The van der Waals surface area contributed by atoms with Gasteiger partial charge in [0, 0.05) is 17.1 Å². The maximum atomic E-state index is 13.2. The number of pyridine rings is 1. The summed E-state index contributed by atoms with van der Waals surface area (Å²) in [5.74, 6) is 1.02. The molecule has 0 N–H and O–H groups in total. The predicted octanol–water partition coefficient (Wildman–Crippen LogP) is 4.91. The van der Waals surface area contributed by atoms with Crippen molar-refractivity contribution in [3.8, 4) is 11.5 Å². The number of nitrogens with zero attached hydrogens (tertiary/aromatic N) is 1. The summed E-state index contributed by atoms with van der Waals surface area (Å²) >= 11 is 5.83. The van der Waals surface area contributed by atoms with E-state index in [4.69, 9.17) is 16.3 Å². The number of benzene rings is 2. The van der Waals surface area contributed by atoms with Gasteiger partial charge in [0.25, 0.3) is 0 Å². The summed E-state index contributed by atoms with van der Waals surface area (Å²) in [6, 6.07) is 13.8. The van der Waals surface area contributed by atoms with Gasteiger partial charge >= 0.3 is 0 Å². The lowest BCUT2D eigenvalue weighted by Crippen LogP contribution is -1.92. The lowest BCUT2D eigenvalue weighted by molar-refractivity contribution is 0.480. The van der Waals surface area contributed by atoms with Gasteiger partial charge in [-0.1, -0.05) is 18.2 Å². The third-order valence-electron chi connectivity index (χ3n) is 2.98. The molecule has 0 aliphatic rings. The van der Waals surface area contributed by atoms with E-state index < -0.39 is 0 Å². The lowest BCUT2D eigenvalue weighted by atomic mass is 10.2. The molecule has 0 amide bonds. The fourth-order valence-corrected chi connectivity index (χ4v) is 2.24. The Labute approximate surface area is 120 Å². The summed E-state index contributed by atoms with van der Waals surface area (Å²) in [4.78, 5) is 4.32. The monoisotopic (exact) mass is 287 g/mol. The van der Waals surface area contributed by atoms with Gasteiger partial charge in [0.2, 0.25) is 0 Å². The Hall–Kier alpha value is -2.13. The summed E-state index contributed by atoms with van der Waals surface area (Å²) < 4.78 is 19.1. The Morgan fingerprint density at radius 1 is 1.05 bits per heavy atom. The first kappa shape index (κ1) is 12.9. The van der Waals surface area contributed by atoms with Crippen molar-refractivity contribution in [2.45, 2.75) is 5.88 Å². The van der Waals surface area contributed by atoms with E-state index in [1.54, 1.807) is 12.3 Å². The fourth-order valence-electron chi connectivity index (χ4n) is 2.03. The van der Waals surface area contributed by atoms with E-state index in [-0.39, 0.29) is 11.7 Å². The van der Waals surface area contributed by atoms with Gasteiger partial charge in [-0.15, -0.1) is 11.6 Å². The molecule has 1 aromatic heterocycles. The highest BCUT2D eigenvalue weighted by atomic mass is 35.5. The van der Waals surface area contributed by atoms with Crippen LogP contribution in [0, 0.1) is 5.82 Å². The molecule has 0 aliphatic carbocycles. The molecule has 0 saturated heterocycles. The zero-order valence-electron chi connectivity index (χ0n) is 10.5. The van der Waals surface area contributed by atoms with Crippen LogP contribution in [0.5, 0.6) is 11.5 Å². The van der Waals surface area contributed by atoms with Crippen molar-refractivity contribution in [3.05, 3.63) is 66.1 Å². The van der Waals surface area contributed by atoms with Gasteiger partial charge in [-0.2, -0.15) is 0 Å². The first-order valence-electron chi connectivity index (χ1n) is 6.14. The molecule has 0 aliphatic heterocycles. The van der Waals surface area contributed by atoms with Crippen LogP contribution >= 0.6 is 11.6 Å². The van der Waals surface area contributed by atoms with Gasteiger partial charge in [-0.05, 0) is 30.3 Å². The average molecular weight is 288 g/mol. The molecule has 0 atom stereocenters. The summed E-state index contributed by atoms with van der Waals surface area (Å²) in [6.45, 7) is 0. The molecule has 3 rings (SSSR count). The quantitative estimate of drug-likeness (QED) is 0.639. The third kappa shape index (κ3) is 2.45. The Bertz CT molecular complexity index is 755. The molecule has 0 unspecified atom stereocenters. The number of hydrogen-bond acceptors (Lipinski definition) is 2. The van der Waals surface area contributed by atoms with E-state index in [0.717, 1.165) is 10.9 Å². The van der Waals surface area contributed by atoms with E-state index in [0.29, 0.717) is 17.1 Å². The largest absolute Gasteiger partial charge is 0.455 e. The zero-order chi connectivity index (χ0) is 13.9. The van der Waals surface area contributed by atoms with E-state index >= 15 is 0 Å². The van der Waals surface area contributed by atoms with Crippen LogP contribution in [0.4, 0.5) is 4.39 Å². The second kappa shape index (κ2) is 5.47. The molecule has 2 nitrogen and oxygen atoms in total. The van der Waals surface area contributed by atoms with Crippen LogP contribution < -0.4 is 4.74 Å². The molecular formula is C16H11ClFNO. The fraction of sp³-hybridized carbons (Fsp3) is 0.0625. The summed E-state index contributed by atoms with van der Waals surface area (Å²) in [6.07, 6.45) is 1.71. The number of halogens is 2. The number of aromatic nitrogens is 1. The molecule has 0 bridgehead atoms. The van der Waals surface area contributed by atoms with Crippen molar-refractivity contribution >= 4 is 22.5 Å². The minimum atomic E-state index is -0.330. The van der Waals surface area contributed by atoms with Crippen molar-refractivity contribution in [3.63, 3.8) is 0 Å². The van der Waals surface area contributed by atoms with Crippen LogP contribution in [0.25, 0.3) is 10.9 Å². The predicted molar refractivity (Wildman–Crippen MR) is 77.8 cm³/mol.